The minimum Gasteiger partial charge on any atom is -0.375 e. The molecule has 162 valence electrons. The molecule has 1 aromatic carbocycles. The molecule has 2 fully saturated rings. The Bertz CT molecular complexity index is 1140. The molecule has 4 atom stereocenters. The van der Waals surface area contributed by atoms with Crippen LogP contribution in [0.4, 0.5) is 4.39 Å². The minimum absolute atomic E-state index is 0.210. The number of fused-ring (bicyclic) bond motifs is 2. The van der Waals surface area contributed by atoms with Gasteiger partial charge in [0.15, 0.2) is 23.1 Å². The second-order valence-corrected chi connectivity index (χ2v) is 8.85. The smallest absolute Gasteiger partial charge is 0.212 e. The second kappa shape index (κ2) is 7.28. The Morgan fingerprint density at radius 3 is 2.61 bits per heavy atom. The van der Waals surface area contributed by atoms with E-state index in [4.69, 9.17) is 18.9 Å². The van der Waals surface area contributed by atoms with Crippen molar-refractivity contribution in [2.24, 2.45) is 0 Å². The van der Waals surface area contributed by atoms with Crippen molar-refractivity contribution < 1.29 is 32.9 Å². The Morgan fingerprint density at radius 2 is 1.94 bits per heavy atom. The zero-order chi connectivity index (χ0) is 21.9. The van der Waals surface area contributed by atoms with Gasteiger partial charge in [0, 0.05) is 25.1 Å². The molecular formula is C21H19FN2O6S. The van der Waals surface area contributed by atoms with Gasteiger partial charge >= 0.3 is 0 Å². The van der Waals surface area contributed by atoms with Crippen molar-refractivity contribution in [2.45, 2.75) is 44.2 Å². The molecule has 0 aliphatic carbocycles. The topological polar surface area (TPSA) is 88.4 Å². The van der Waals surface area contributed by atoms with Gasteiger partial charge in [0.2, 0.25) is 11.6 Å². The number of carbonyl (C=O) groups is 2. The SMILES string of the molecule is CO[C@@H]1[C@H]2OC(C)(C)O[C@H]2O[C@@H]1C(=O)c1cn2cc(C(=O)c3ccc(F)cc3)nc2s1. The van der Waals surface area contributed by atoms with E-state index in [1.807, 2.05) is 0 Å². The number of aromatic nitrogens is 2. The first-order valence-electron chi connectivity index (χ1n) is 9.63. The fourth-order valence-electron chi connectivity index (χ4n) is 3.86. The summed E-state index contributed by atoms with van der Waals surface area (Å²) in [6.07, 6.45) is 0.480. The first kappa shape index (κ1) is 20.4. The van der Waals surface area contributed by atoms with Crippen LogP contribution in [0.5, 0.6) is 0 Å². The monoisotopic (exact) mass is 446 g/mol. The van der Waals surface area contributed by atoms with Gasteiger partial charge in [-0.15, -0.1) is 0 Å². The molecule has 10 heteroatoms. The lowest BCUT2D eigenvalue weighted by Gasteiger charge is -2.23. The van der Waals surface area contributed by atoms with Crippen LogP contribution >= 0.6 is 11.3 Å². The van der Waals surface area contributed by atoms with E-state index < -0.39 is 36.2 Å². The van der Waals surface area contributed by atoms with E-state index >= 15 is 0 Å². The van der Waals surface area contributed by atoms with Gasteiger partial charge < -0.3 is 18.9 Å². The number of imidazole rings is 1. The van der Waals surface area contributed by atoms with Gasteiger partial charge in [0.1, 0.15) is 23.7 Å². The number of ether oxygens (including phenoxy) is 4. The van der Waals surface area contributed by atoms with Crippen LogP contribution in [0, 0.1) is 5.82 Å². The van der Waals surface area contributed by atoms with Crippen LogP contribution in [0.3, 0.4) is 0 Å². The molecule has 31 heavy (non-hydrogen) atoms. The van der Waals surface area contributed by atoms with E-state index in [0.717, 1.165) is 11.3 Å². The number of rotatable bonds is 5. The Morgan fingerprint density at radius 1 is 1.19 bits per heavy atom. The minimum atomic E-state index is -0.875. The Balaban J connectivity index is 1.36. The highest BCUT2D eigenvalue weighted by atomic mass is 32.1. The molecular weight excluding hydrogens is 427 g/mol. The van der Waals surface area contributed by atoms with Crippen LogP contribution in [0.25, 0.3) is 4.96 Å². The summed E-state index contributed by atoms with van der Waals surface area (Å²) >= 11 is 1.14. The van der Waals surface area contributed by atoms with Crippen molar-refractivity contribution in [3.05, 3.63) is 58.6 Å². The van der Waals surface area contributed by atoms with Crippen LogP contribution in [-0.2, 0) is 18.9 Å². The molecule has 8 nitrogen and oxygen atoms in total. The van der Waals surface area contributed by atoms with E-state index in [-0.39, 0.29) is 17.3 Å². The Labute approximate surface area is 180 Å². The molecule has 5 rings (SSSR count). The van der Waals surface area contributed by atoms with Gasteiger partial charge in [0.25, 0.3) is 0 Å². The number of nitrogens with zero attached hydrogens (tertiary/aromatic N) is 2. The highest BCUT2D eigenvalue weighted by molar-refractivity contribution is 7.18. The van der Waals surface area contributed by atoms with E-state index in [1.54, 1.807) is 30.6 Å². The number of methoxy groups -OCH3 is 1. The number of hydrogen-bond acceptors (Lipinski definition) is 8. The summed E-state index contributed by atoms with van der Waals surface area (Å²) in [6, 6.07) is 5.26. The molecule has 2 aromatic heterocycles. The lowest BCUT2D eigenvalue weighted by atomic mass is 10.1. The van der Waals surface area contributed by atoms with Gasteiger partial charge in [-0.05, 0) is 38.1 Å². The summed E-state index contributed by atoms with van der Waals surface area (Å²) < 4.78 is 37.5. The molecule has 0 amide bonds. The molecule has 0 N–H and O–H groups in total. The molecule has 0 saturated carbocycles. The van der Waals surface area contributed by atoms with Crippen molar-refractivity contribution in [3.8, 4) is 0 Å². The lowest BCUT2D eigenvalue weighted by molar-refractivity contribution is -0.210. The average Bonchev–Trinajstić information content (AvgIpc) is 3.44. The van der Waals surface area contributed by atoms with Crippen LogP contribution in [0.15, 0.2) is 36.7 Å². The van der Waals surface area contributed by atoms with Gasteiger partial charge in [-0.1, -0.05) is 11.3 Å². The number of benzene rings is 1. The Kier molecular flexibility index (Phi) is 4.79. The van der Waals surface area contributed by atoms with Gasteiger partial charge in [-0.3, -0.25) is 14.0 Å². The molecule has 3 aromatic rings. The number of hydrogen-bond donors (Lipinski definition) is 0. The third-order valence-corrected chi connectivity index (χ3v) is 6.27. The zero-order valence-electron chi connectivity index (χ0n) is 16.9. The summed E-state index contributed by atoms with van der Waals surface area (Å²) in [6.45, 7) is 3.55. The summed E-state index contributed by atoms with van der Waals surface area (Å²) in [7, 11) is 1.50. The number of Topliss-reactive ketones (excluding diaryl/α,β-unsaturated/α-hetero) is 1. The summed E-state index contributed by atoms with van der Waals surface area (Å²) in [4.78, 5) is 30.9. The number of ketones is 2. The van der Waals surface area contributed by atoms with Crippen LogP contribution in [-0.4, -0.2) is 58.4 Å². The largest absolute Gasteiger partial charge is 0.375 e. The first-order chi connectivity index (χ1) is 14.8. The van der Waals surface area contributed by atoms with Gasteiger partial charge in [-0.25, -0.2) is 9.37 Å². The van der Waals surface area contributed by atoms with Crippen molar-refractivity contribution in [3.63, 3.8) is 0 Å². The van der Waals surface area contributed by atoms with Gasteiger partial charge in [-0.2, -0.15) is 0 Å². The van der Waals surface area contributed by atoms with Crippen molar-refractivity contribution in [2.75, 3.05) is 7.11 Å². The lowest BCUT2D eigenvalue weighted by Crippen LogP contribution is -2.39. The third-order valence-electron chi connectivity index (χ3n) is 5.26. The predicted octanol–water partition coefficient (Wildman–Crippen LogP) is 2.84. The predicted molar refractivity (Wildman–Crippen MR) is 107 cm³/mol. The first-order valence-corrected chi connectivity index (χ1v) is 10.4. The fraction of sp³-hybridized carbons (Fsp3) is 0.381. The van der Waals surface area contributed by atoms with Crippen LogP contribution in [0.1, 0.15) is 39.6 Å². The Hall–Kier alpha value is -2.50. The molecule has 0 spiro atoms. The number of carbonyl (C=O) groups excluding carboxylic acids is 2. The molecule has 4 heterocycles. The zero-order valence-corrected chi connectivity index (χ0v) is 17.7. The molecule has 0 unspecified atom stereocenters. The van der Waals surface area contributed by atoms with Crippen molar-refractivity contribution in [1.29, 1.82) is 0 Å². The van der Waals surface area contributed by atoms with Gasteiger partial charge in [0.05, 0.1) is 4.88 Å². The molecule has 0 bridgehead atoms. The molecule has 0 radical (unpaired) electrons. The summed E-state index contributed by atoms with van der Waals surface area (Å²) in [5.74, 6) is -1.82. The number of thiazole rings is 1. The maximum atomic E-state index is 13.1. The van der Waals surface area contributed by atoms with E-state index in [2.05, 4.69) is 4.98 Å². The molecule has 2 aliphatic rings. The highest BCUT2D eigenvalue weighted by Crippen LogP contribution is 2.39. The maximum Gasteiger partial charge on any atom is 0.212 e. The molecule has 2 saturated heterocycles. The number of halogens is 1. The van der Waals surface area contributed by atoms with Crippen molar-refractivity contribution >= 4 is 27.9 Å². The van der Waals surface area contributed by atoms with Crippen LogP contribution < -0.4 is 0 Å². The van der Waals surface area contributed by atoms with Crippen LogP contribution in [0.2, 0.25) is 0 Å². The second-order valence-electron chi connectivity index (χ2n) is 7.84. The fourth-order valence-corrected chi connectivity index (χ4v) is 4.79. The average molecular weight is 446 g/mol. The highest BCUT2D eigenvalue weighted by Gasteiger charge is 2.57. The standard InChI is InChI=1S/C21H19FN2O6S/c1-21(2)29-18-17(27-3)16(28-19(18)30-21)15(26)13-9-24-8-12(23-20(24)31-13)14(25)10-4-6-11(22)7-5-10/h4-9,16-19H,1-3H3/t16-,17+,18-,19-/m1/s1. The summed E-state index contributed by atoms with van der Waals surface area (Å²) in [5, 5.41) is 0. The quantitative estimate of drug-likeness (QED) is 0.557. The molecule has 2 aliphatic heterocycles. The van der Waals surface area contributed by atoms with E-state index in [9.17, 15) is 14.0 Å². The van der Waals surface area contributed by atoms with E-state index in [1.165, 1.54) is 31.4 Å². The normalized spacial score (nSPS) is 27.0. The van der Waals surface area contributed by atoms with E-state index in [0.29, 0.717) is 15.4 Å². The van der Waals surface area contributed by atoms with Crippen molar-refractivity contribution in [1.82, 2.24) is 9.38 Å². The maximum absolute atomic E-state index is 13.1. The summed E-state index contributed by atoms with van der Waals surface area (Å²) in [5.41, 5.74) is 0.544. The third kappa shape index (κ3) is 3.50.